The topological polar surface area (TPSA) is 98.0 Å². The molecule has 0 aliphatic carbocycles. The maximum atomic E-state index is 12.2. The van der Waals surface area contributed by atoms with Crippen molar-refractivity contribution in [3.05, 3.63) is 34.8 Å². The van der Waals surface area contributed by atoms with Gasteiger partial charge in [-0.25, -0.2) is 23.1 Å². The van der Waals surface area contributed by atoms with Crippen molar-refractivity contribution < 1.29 is 8.42 Å². The highest BCUT2D eigenvalue weighted by Gasteiger charge is 2.21. The first-order valence-corrected chi connectivity index (χ1v) is 8.02. The number of sulfonamides is 1. The van der Waals surface area contributed by atoms with Crippen LogP contribution in [-0.4, -0.2) is 18.4 Å². The molecule has 0 saturated heterocycles. The largest absolute Gasteiger partial charge is 0.368 e. The van der Waals surface area contributed by atoms with E-state index in [1.165, 1.54) is 23.7 Å². The molecule has 0 saturated carbocycles. The van der Waals surface area contributed by atoms with Crippen LogP contribution in [0.3, 0.4) is 0 Å². The zero-order chi connectivity index (χ0) is 13.9. The number of hydrogen-bond donors (Lipinski definition) is 2. The van der Waals surface area contributed by atoms with Gasteiger partial charge >= 0.3 is 0 Å². The number of aromatic nitrogens is 2. The number of thiophene rings is 1. The van der Waals surface area contributed by atoms with E-state index in [0.717, 1.165) is 4.88 Å². The Balaban J connectivity index is 2.23. The Kier molecular flexibility index (Phi) is 4.13. The number of nitrogens with zero attached hydrogens (tertiary/aromatic N) is 2. The third-order valence-corrected chi connectivity index (χ3v) is 4.96. The molecule has 3 N–H and O–H groups in total. The van der Waals surface area contributed by atoms with Gasteiger partial charge in [0.2, 0.25) is 16.0 Å². The molecule has 2 aromatic rings. The lowest BCUT2D eigenvalue weighted by molar-refractivity contribution is 0.552. The summed E-state index contributed by atoms with van der Waals surface area (Å²) in [5.74, 6) is 0.0456. The number of nitrogen functional groups attached to an aromatic ring is 1. The van der Waals surface area contributed by atoms with Crippen molar-refractivity contribution in [2.45, 2.75) is 24.3 Å². The molecule has 102 valence electrons. The first-order chi connectivity index (χ1) is 9.03. The summed E-state index contributed by atoms with van der Waals surface area (Å²) in [6.07, 6.45) is 3.06. The molecule has 8 heteroatoms. The molecule has 0 aliphatic rings. The Morgan fingerprint density at radius 1 is 1.42 bits per heavy atom. The predicted octanol–water partition coefficient (Wildman–Crippen LogP) is 1.55. The Hall–Kier alpha value is -1.51. The van der Waals surface area contributed by atoms with Crippen molar-refractivity contribution >= 4 is 27.3 Å². The van der Waals surface area contributed by atoms with Crippen LogP contribution in [0.1, 0.15) is 24.3 Å². The van der Waals surface area contributed by atoms with E-state index in [0.29, 0.717) is 6.42 Å². The predicted molar refractivity (Wildman–Crippen MR) is 74.1 cm³/mol. The molecule has 0 radical (unpaired) electrons. The summed E-state index contributed by atoms with van der Waals surface area (Å²) in [6.45, 7) is 1.92. The highest BCUT2D eigenvalue weighted by molar-refractivity contribution is 7.89. The van der Waals surface area contributed by atoms with E-state index < -0.39 is 10.0 Å². The van der Waals surface area contributed by atoms with Crippen LogP contribution in [0.5, 0.6) is 0 Å². The number of hydrogen-bond acceptors (Lipinski definition) is 6. The van der Waals surface area contributed by atoms with Gasteiger partial charge in [0.05, 0.1) is 18.4 Å². The fourth-order valence-corrected chi connectivity index (χ4v) is 3.68. The highest BCUT2D eigenvalue weighted by atomic mass is 32.2. The SMILES string of the molecule is CCC(NS(=O)(=O)c1cnc(N)nc1)c1cccs1. The Bertz CT molecular complexity index is 623. The highest BCUT2D eigenvalue weighted by Crippen LogP contribution is 2.23. The number of rotatable bonds is 5. The van der Waals surface area contributed by atoms with Crippen LogP contribution in [0, 0.1) is 0 Å². The van der Waals surface area contributed by atoms with Gasteiger partial charge in [0.25, 0.3) is 0 Å². The van der Waals surface area contributed by atoms with Crippen molar-refractivity contribution in [1.82, 2.24) is 14.7 Å². The van der Waals surface area contributed by atoms with Gasteiger partial charge in [0.1, 0.15) is 4.90 Å². The van der Waals surface area contributed by atoms with Crippen molar-refractivity contribution in [1.29, 1.82) is 0 Å². The molecule has 0 aromatic carbocycles. The maximum Gasteiger partial charge on any atom is 0.244 e. The minimum atomic E-state index is -3.64. The smallest absolute Gasteiger partial charge is 0.244 e. The van der Waals surface area contributed by atoms with Gasteiger partial charge in [-0.2, -0.15) is 0 Å². The Morgan fingerprint density at radius 3 is 2.63 bits per heavy atom. The summed E-state index contributed by atoms with van der Waals surface area (Å²) < 4.78 is 27.0. The molecular weight excluding hydrogens is 284 g/mol. The Morgan fingerprint density at radius 2 is 2.11 bits per heavy atom. The molecule has 0 bridgehead atoms. The van der Waals surface area contributed by atoms with Crippen LogP contribution in [-0.2, 0) is 10.0 Å². The van der Waals surface area contributed by atoms with Gasteiger partial charge in [-0.3, -0.25) is 0 Å². The van der Waals surface area contributed by atoms with E-state index in [9.17, 15) is 8.42 Å². The summed E-state index contributed by atoms with van der Waals surface area (Å²) in [5.41, 5.74) is 5.34. The fraction of sp³-hybridized carbons (Fsp3) is 0.273. The Labute approximate surface area is 115 Å². The molecule has 0 aliphatic heterocycles. The van der Waals surface area contributed by atoms with Crippen LogP contribution >= 0.6 is 11.3 Å². The van der Waals surface area contributed by atoms with Gasteiger partial charge in [-0.15, -0.1) is 11.3 Å². The molecule has 1 unspecified atom stereocenters. The van der Waals surface area contributed by atoms with Crippen LogP contribution in [0.25, 0.3) is 0 Å². The second-order valence-corrected chi connectivity index (χ2v) is 6.57. The molecule has 0 fully saturated rings. The lowest BCUT2D eigenvalue weighted by Crippen LogP contribution is -2.28. The van der Waals surface area contributed by atoms with E-state index >= 15 is 0 Å². The lowest BCUT2D eigenvalue weighted by atomic mass is 10.2. The van der Waals surface area contributed by atoms with Crippen LogP contribution in [0.15, 0.2) is 34.8 Å². The third-order valence-electron chi connectivity index (χ3n) is 2.55. The van der Waals surface area contributed by atoms with Crippen LogP contribution in [0.2, 0.25) is 0 Å². The van der Waals surface area contributed by atoms with Crippen molar-refractivity contribution in [2.75, 3.05) is 5.73 Å². The number of nitrogens with two attached hydrogens (primary N) is 1. The maximum absolute atomic E-state index is 12.2. The van der Waals surface area contributed by atoms with Crippen LogP contribution < -0.4 is 10.5 Å². The molecule has 2 heterocycles. The summed E-state index contributed by atoms with van der Waals surface area (Å²) in [4.78, 5) is 8.37. The second-order valence-electron chi connectivity index (χ2n) is 3.87. The zero-order valence-corrected chi connectivity index (χ0v) is 11.9. The summed E-state index contributed by atoms with van der Waals surface area (Å²) in [5, 5.41) is 1.92. The average Bonchev–Trinajstić information content (AvgIpc) is 2.90. The van der Waals surface area contributed by atoms with Gasteiger partial charge in [0.15, 0.2) is 0 Å². The minimum absolute atomic E-state index is 0.0108. The van der Waals surface area contributed by atoms with E-state index in [-0.39, 0.29) is 16.9 Å². The zero-order valence-electron chi connectivity index (χ0n) is 10.3. The minimum Gasteiger partial charge on any atom is -0.368 e. The fourth-order valence-electron chi connectivity index (χ4n) is 1.55. The molecular formula is C11H14N4O2S2. The van der Waals surface area contributed by atoms with Gasteiger partial charge in [-0.1, -0.05) is 13.0 Å². The normalized spacial score (nSPS) is 13.3. The van der Waals surface area contributed by atoms with E-state index in [1.54, 1.807) is 0 Å². The van der Waals surface area contributed by atoms with Gasteiger partial charge in [-0.05, 0) is 17.9 Å². The van der Waals surface area contributed by atoms with Gasteiger partial charge < -0.3 is 5.73 Å². The second kappa shape index (κ2) is 5.64. The molecule has 2 rings (SSSR count). The van der Waals surface area contributed by atoms with Crippen molar-refractivity contribution in [2.24, 2.45) is 0 Å². The average molecular weight is 298 g/mol. The molecule has 6 nitrogen and oxygen atoms in total. The monoisotopic (exact) mass is 298 g/mol. The first kappa shape index (κ1) is 13.9. The summed E-state index contributed by atoms with van der Waals surface area (Å²) in [7, 11) is -3.64. The molecule has 0 amide bonds. The van der Waals surface area contributed by atoms with E-state index in [4.69, 9.17) is 5.73 Å². The van der Waals surface area contributed by atoms with Crippen molar-refractivity contribution in [3.8, 4) is 0 Å². The van der Waals surface area contributed by atoms with Crippen LogP contribution in [0.4, 0.5) is 5.95 Å². The summed E-state index contributed by atoms with van der Waals surface area (Å²) >= 11 is 1.52. The molecule has 0 spiro atoms. The molecule has 19 heavy (non-hydrogen) atoms. The van der Waals surface area contributed by atoms with E-state index in [1.807, 2.05) is 24.4 Å². The lowest BCUT2D eigenvalue weighted by Gasteiger charge is -2.15. The van der Waals surface area contributed by atoms with Crippen molar-refractivity contribution in [3.63, 3.8) is 0 Å². The van der Waals surface area contributed by atoms with Gasteiger partial charge in [0, 0.05) is 4.88 Å². The standard InChI is InChI=1S/C11H14N4O2S2/c1-2-9(10-4-3-5-18-10)15-19(16,17)8-6-13-11(12)14-7-8/h3-7,9,15H,2H2,1H3,(H2,12,13,14). The number of nitrogens with one attached hydrogen (secondary N) is 1. The molecule has 2 aromatic heterocycles. The first-order valence-electron chi connectivity index (χ1n) is 5.66. The van der Waals surface area contributed by atoms with E-state index in [2.05, 4.69) is 14.7 Å². The summed E-state index contributed by atoms with van der Waals surface area (Å²) in [6, 6.07) is 3.55. The quantitative estimate of drug-likeness (QED) is 0.872. The molecule has 1 atom stereocenters. The third kappa shape index (κ3) is 3.28. The number of anilines is 1.